The molecule has 1 heterocycles. The normalized spacial score (nSPS) is 39.6. The van der Waals surface area contributed by atoms with Gasteiger partial charge in [0.05, 0.1) is 37.0 Å². The fourth-order valence-corrected chi connectivity index (χ4v) is 2.53. The minimum Gasteiger partial charge on any atom is -0.392 e. The van der Waals surface area contributed by atoms with Gasteiger partial charge in [-0.05, 0) is 25.7 Å². The second-order valence-electron chi connectivity index (χ2n) is 5.86. The molecule has 0 aromatic rings. The van der Waals surface area contributed by atoms with Crippen LogP contribution in [0.4, 0.5) is 0 Å². The Bertz CT molecular complexity index is 282. The zero-order chi connectivity index (χ0) is 14.0. The lowest BCUT2D eigenvalue weighted by Crippen LogP contribution is -2.62. The molecule has 112 valence electrons. The highest BCUT2D eigenvalue weighted by Gasteiger charge is 2.40. The van der Waals surface area contributed by atoms with E-state index in [1.165, 1.54) is 19.3 Å². The van der Waals surface area contributed by atoms with E-state index in [-0.39, 0.29) is 0 Å². The van der Waals surface area contributed by atoms with Crippen LogP contribution in [0.15, 0.2) is 0 Å². The van der Waals surface area contributed by atoms with Gasteiger partial charge in [-0.15, -0.1) is 0 Å². The Morgan fingerprint density at radius 1 is 1.42 bits per heavy atom. The fraction of sp³-hybridized carbons (Fsp3) is 1.00. The number of aliphatic hydroxyl groups is 2. The smallest absolute Gasteiger partial charge is 0.160 e. The summed E-state index contributed by atoms with van der Waals surface area (Å²) in [7, 11) is 0. The molecule has 0 amide bonds. The minimum atomic E-state index is -0.742. The molecule has 0 aromatic heterocycles. The van der Waals surface area contributed by atoms with Crippen LogP contribution in [0.1, 0.15) is 32.6 Å². The van der Waals surface area contributed by atoms with E-state index < -0.39 is 36.7 Å². The zero-order valence-corrected chi connectivity index (χ0v) is 11.4. The molecule has 0 bridgehead atoms. The highest BCUT2D eigenvalue weighted by molar-refractivity contribution is 4.94. The predicted molar refractivity (Wildman–Crippen MR) is 70.2 cm³/mol. The molecule has 2 rings (SSSR count). The van der Waals surface area contributed by atoms with Gasteiger partial charge in [0, 0.05) is 6.42 Å². The molecule has 0 aromatic carbocycles. The Labute approximate surface area is 114 Å². The number of hydrogen-bond donors (Lipinski definition) is 4. The lowest BCUT2D eigenvalue weighted by molar-refractivity contribution is -0.235. The van der Waals surface area contributed by atoms with Gasteiger partial charge in [-0.2, -0.15) is 0 Å². The van der Waals surface area contributed by atoms with E-state index in [9.17, 15) is 10.2 Å². The Kier molecular flexibility index (Phi) is 5.16. The van der Waals surface area contributed by atoms with Crippen molar-refractivity contribution in [1.29, 1.82) is 0 Å². The first-order valence-electron chi connectivity index (χ1n) is 7.13. The molecule has 19 heavy (non-hydrogen) atoms. The second kappa shape index (κ2) is 6.47. The van der Waals surface area contributed by atoms with Crippen LogP contribution in [0.2, 0.25) is 0 Å². The lowest BCUT2D eigenvalue weighted by atomic mass is 9.86. The molecule has 6 atom stereocenters. The largest absolute Gasteiger partial charge is 0.392 e. The van der Waals surface area contributed by atoms with Crippen molar-refractivity contribution in [3.05, 3.63) is 0 Å². The van der Waals surface area contributed by atoms with E-state index >= 15 is 0 Å². The van der Waals surface area contributed by atoms with Gasteiger partial charge in [-0.1, -0.05) is 6.42 Å². The molecule has 0 spiro atoms. The van der Waals surface area contributed by atoms with Gasteiger partial charge in [0.25, 0.3) is 0 Å². The molecular weight excluding hydrogens is 248 g/mol. The van der Waals surface area contributed by atoms with Crippen LogP contribution in [0, 0.1) is 5.92 Å². The molecule has 2 unspecified atom stereocenters. The van der Waals surface area contributed by atoms with Gasteiger partial charge < -0.3 is 31.2 Å². The molecule has 1 saturated carbocycles. The summed E-state index contributed by atoms with van der Waals surface area (Å²) in [5.41, 5.74) is 11.8. The summed E-state index contributed by atoms with van der Waals surface area (Å²) in [5.74, 6) is 0.611. The third-order valence-corrected chi connectivity index (χ3v) is 4.25. The van der Waals surface area contributed by atoms with Crippen LogP contribution in [-0.2, 0) is 9.47 Å². The molecule has 6 N–H and O–H groups in total. The third kappa shape index (κ3) is 3.65. The molecular formula is C13H26N2O4. The topological polar surface area (TPSA) is 111 Å². The standard InChI is InChI=1S/C13H26N2O4/c1-7(16)11(14)13-12(15)9(17)5-10(19-13)18-6-8-3-2-4-8/h7-13,16-17H,2-6,14-15H2,1H3/t7-,9?,10+,11-,12-,13?/m0/s1. The van der Waals surface area contributed by atoms with Crippen LogP contribution in [0.3, 0.4) is 0 Å². The summed E-state index contributed by atoms with van der Waals surface area (Å²) in [5, 5.41) is 19.5. The Morgan fingerprint density at radius 2 is 2.11 bits per heavy atom. The van der Waals surface area contributed by atoms with Crippen LogP contribution in [0.5, 0.6) is 0 Å². The van der Waals surface area contributed by atoms with Crippen molar-refractivity contribution in [3.8, 4) is 0 Å². The maximum Gasteiger partial charge on any atom is 0.160 e. The van der Waals surface area contributed by atoms with Gasteiger partial charge in [-0.25, -0.2) is 0 Å². The zero-order valence-electron chi connectivity index (χ0n) is 11.4. The van der Waals surface area contributed by atoms with Gasteiger partial charge in [-0.3, -0.25) is 0 Å². The van der Waals surface area contributed by atoms with E-state index in [0.29, 0.717) is 18.9 Å². The first-order valence-corrected chi connectivity index (χ1v) is 7.13. The van der Waals surface area contributed by atoms with Crippen LogP contribution < -0.4 is 11.5 Å². The summed E-state index contributed by atoms with van der Waals surface area (Å²) < 4.78 is 11.4. The average molecular weight is 274 g/mol. The highest BCUT2D eigenvalue weighted by Crippen LogP contribution is 2.29. The first-order chi connectivity index (χ1) is 8.99. The number of nitrogens with two attached hydrogens (primary N) is 2. The van der Waals surface area contributed by atoms with Crippen molar-refractivity contribution in [2.45, 2.75) is 69.3 Å². The van der Waals surface area contributed by atoms with Gasteiger partial charge in [0.1, 0.15) is 0 Å². The highest BCUT2D eigenvalue weighted by atomic mass is 16.7. The Hall–Kier alpha value is -0.240. The number of hydrogen-bond acceptors (Lipinski definition) is 6. The Balaban J connectivity index is 1.87. The summed E-state index contributed by atoms with van der Waals surface area (Å²) in [6.07, 6.45) is 1.50. The van der Waals surface area contributed by atoms with Crippen molar-refractivity contribution >= 4 is 0 Å². The van der Waals surface area contributed by atoms with Crippen molar-refractivity contribution in [3.63, 3.8) is 0 Å². The fourth-order valence-electron chi connectivity index (χ4n) is 2.53. The summed E-state index contributed by atoms with van der Waals surface area (Å²) >= 11 is 0. The molecule has 1 aliphatic carbocycles. The monoisotopic (exact) mass is 274 g/mol. The third-order valence-electron chi connectivity index (χ3n) is 4.25. The summed E-state index contributed by atoms with van der Waals surface area (Å²) in [6, 6.07) is -1.21. The summed E-state index contributed by atoms with van der Waals surface area (Å²) in [6.45, 7) is 2.25. The second-order valence-corrected chi connectivity index (χ2v) is 5.86. The van der Waals surface area contributed by atoms with E-state index in [0.717, 1.165) is 0 Å². The lowest BCUT2D eigenvalue weighted by Gasteiger charge is -2.41. The quantitative estimate of drug-likeness (QED) is 0.528. The van der Waals surface area contributed by atoms with Crippen LogP contribution >= 0.6 is 0 Å². The van der Waals surface area contributed by atoms with Crippen molar-refractivity contribution in [2.75, 3.05) is 6.61 Å². The molecule has 0 radical (unpaired) electrons. The molecule has 6 heteroatoms. The van der Waals surface area contributed by atoms with Crippen LogP contribution in [-0.4, -0.2) is 53.5 Å². The van der Waals surface area contributed by atoms with E-state index in [4.69, 9.17) is 20.9 Å². The maximum absolute atomic E-state index is 9.96. The molecule has 2 fully saturated rings. The SMILES string of the molecule is C[C@H](O)[C@H](N)C1O[C@@H](OCC2CCC2)CC(O)[C@@H]1N. The van der Waals surface area contributed by atoms with Gasteiger partial charge in [0.15, 0.2) is 6.29 Å². The molecule has 2 aliphatic rings. The molecule has 6 nitrogen and oxygen atoms in total. The molecule has 1 aliphatic heterocycles. The first kappa shape index (κ1) is 15.2. The number of aliphatic hydroxyl groups excluding tert-OH is 2. The summed E-state index contributed by atoms with van der Waals surface area (Å²) in [4.78, 5) is 0. The molecule has 1 saturated heterocycles. The number of ether oxygens (including phenoxy) is 2. The average Bonchev–Trinajstić information content (AvgIpc) is 2.30. The number of rotatable bonds is 5. The van der Waals surface area contributed by atoms with E-state index in [2.05, 4.69) is 0 Å². The van der Waals surface area contributed by atoms with Crippen molar-refractivity contribution in [1.82, 2.24) is 0 Å². The van der Waals surface area contributed by atoms with E-state index in [1.807, 2.05) is 0 Å². The van der Waals surface area contributed by atoms with Gasteiger partial charge >= 0.3 is 0 Å². The van der Waals surface area contributed by atoms with Crippen molar-refractivity contribution in [2.24, 2.45) is 17.4 Å². The van der Waals surface area contributed by atoms with E-state index in [1.54, 1.807) is 6.92 Å². The minimum absolute atomic E-state index is 0.358. The maximum atomic E-state index is 9.96. The van der Waals surface area contributed by atoms with Gasteiger partial charge in [0.2, 0.25) is 0 Å². The predicted octanol–water partition coefficient (Wildman–Crippen LogP) is -0.686. The Morgan fingerprint density at radius 3 is 2.63 bits per heavy atom. The van der Waals surface area contributed by atoms with Crippen molar-refractivity contribution < 1.29 is 19.7 Å². The van der Waals surface area contributed by atoms with Crippen LogP contribution in [0.25, 0.3) is 0 Å².